The number of carbonyl (C=O) groups excluding carboxylic acids is 2. The highest BCUT2D eigenvalue weighted by Crippen LogP contribution is 2.18. The standard InChI is InChI=1S/C20H28N2O3/c1-14-11-16(3)17(12-15(14)2)13-19(23)21-6-8-22(9-7-21)20(24)18-5-4-10-25-18/h11-12,18H,4-10,13H2,1-3H3. The molecule has 2 saturated heterocycles. The highest BCUT2D eigenvalue weighted by molar-refractivity contribution is 5.82. The van der Waals surface area contributed by atoms with Crippen molar-refractivity contribution in [2.75, 3.05) is 32.8 Å². The number of piperazine rings is 1. The van der Waals surface area contributed by atoms with Gasteiger partial charge in [0.05, 0.1) is 6.42 Å². The average Bonchev–Trinajstić information content (AvgIpc) is 3.13. The van der Waals surface area contributed by atoms with Crippen LogP contribution in [-0.2, 0) is 20.7 Å². The lowest BCUT2D eigenvalue weighted by Crippen LogP contribution is -2.53. The van der Waals surface area contributed by atoms with Crippen molar-refractivity contribution >= 4 is 11.8 Å². The number of hydrogen-bond donors (Lipinski definition) is 0. The van der Waals surface area contributed by atoms with Crippen molar-refractivity contribution in [2.45, 2.75) is 46.1 Å². The van der Waals surface area contributed by atoms with Gasteiger partial charge >= 0.3 is 0 Å². The lowest BCUT2D eigenvalue weighted by molar-refractivity contribution is -0.145. The second-order valence-electron chi connectivity index (χ2n) is 7.25. The van der Waals surface area contributed by atoms with Gasteiger partial charge in [-0.05, 0) is 55.9 Å². The van der Waals surface area contributed by atoms with E-state index < -0.39 is 0 Å². The minimum Gasteiger partial charge on any atom is -0.368 e. The van der Waals surface area contributed by atoms with Gasteiger partial charge < -0.3 is 14.5 Å². The first-order valence-corrected chi connectivity index (χ1v) is 9.20. The Bertz CT molecular complexity index is 657. The van der Waals surface area contributed by atoms with Crippen molar-refractivity contribution in [3.8, 4) is 0 Å². The van der Waals surface area contributed by atoms with Crippen LogP contribution in [0.3, 0.4) is 0 Å². The minimum atomic E-state index is -0.263. The first-order chi connectivity index (χ1) is 12.0. The molecular weight excluding hydrogens is 316 g/mol. The van der Waals surface area contributed by atoms with E-state index in [2.05, 4.69) is 32.9 Å². The Morgan fingerprint density at radius 2 is 1.64 bits per heavy atom. The molecule has 1 aromatic carbocycles. The van der Waals surface area contributed by atoms with Crippen molar-refractivity contribution in [1.29, 1.82) is 0 Å². The third kappa shape index (κ3) is 4.03. The third-order valence-corrected chi connectivity index (χ3v) is 5.44. The molecule has 2 heterocycles. The maximum atomic E-state index is 12.6. The van der Waals surface area contributed by atoms with Crippen LogP contribution in [0, 0.1) is 20.8 Å². The number of benzene rings is 1. The lowest BCUT2D eigenvalue weighted by atomic mass is 9.98. The van der Waals surface area contributed by atoms with Crippen LogP contribution in [0.2, 0.25) is 0 Å². The number of aryl methyl sites for hydroxylation is 3. The van der Waals surface area contributed by atoms with Crippen molar-refractivity contribution in [3.63, 3.8) is 0 Å². The summed E-state index contributed by atoms with van der Waals surface area (Å²) in [6.07, 6.45) is 1.96. The summed E-state index contributed by atoms with van der Waals surface area (Å²) in [5.41, 5.74) is 4.75. The molecule has 5 heteroatoms. The zero-order valence-corrected chi connectivity index (χ0v) is 15.5. The molecule has 1 atom stereocenters. The molecule has 0 spiro atoms. The average molecular weight is 344 g/mol. The Kier molecular flexibility index (Phi) is 5.42. The van der Waals surface area contributed by atoms with E-state index in [0.717, 1.165) is 18.4 Å². The molecule has 2 aliphatic rings. The Morgan fingerprint density at radius 3 is 2.28 bits per heavy atom. The van der Waals surface area contributed by atoms with E-state index in [-0.39, 0.29) is 17.9 Å². The maximum Gasteiger partial charge on any atom is 0.251 e. The Morgan fingerprint density at radius 1 is 1.00 bits per heavy atom. The van der Waals surface area contributed by atoms with Gasteiger partial charge in [0.25, 0.3) is 5.91 Å². The Hall–Kier alpha value is -1.88. The fraction of sp³-hybridized carbons (Fsp3) is 0.600. The molecular formula is C20H28N2O3. The molecule has 1 unspecified atom stereocenters. The van der Waals surface area contributed by atoms with E-state index in [1.807, 2.05) is 9.80 Å². The number of hydrogen-bond acceptors (Lipinski definition) is 3. The quantitative estimate of drug-likeness (QED) is 0.843. The van der Waals surface area contributed by atoms with Crippen LogP contribution in [0.25, 0.3) is 0 Å². The summed E-state index contributed by atoms with van der Waals surface area (Å²) in [6, 6.07) is 4.27. The zero-order valence-electron chi connectivity index (χ0n) is 15.5. The second kappa shape index (κ2) is 7.56. The highest BCUT2D eigenvalue weighted by Gasteiger charge is 2.31. The predicted molar refractivity (Wildman–Crippen MR) is 96.5 cm³/mol. The normalized spacial score (nSPS) is 20.8. The highest BCUT2D eigenvalue weighted by atomic mass is 16.5. The number of ether oxygens (including phenoxy) is 1. The van der Waals surface area contributed by atoms with Crippen molar-refractivity contribution < 1.29 is 14.3 Å². The van der Waals surface area contributed by atoms with Crippen LogP contribution in [0.1, 0.15) is 35.1 Å². The molecule has 3 rings (SSSR count). The van der Waals surface area contributed by atoms with Crippen LogP contribution in [0.5, 0.6) is 0 Å². The molecule has 2 fully saturated rings. The smallest absolute Gasteiger partial charge is 0.251 e. The summed E-state index contributed by atoms with van der Waals surface area (Å²) < 4.78 is 5.48. The van der Waals surface area contributed by atoms with E-state index >= 15 is 0 Å². The van der Waals surface area contributed by atoms with Gasteiger partial charge in [-0.1, -0.05) is 12.1 Å². The van der Waals surface area contributed by atoms with Gasteiger partial charge in [0.1, 0.15) is 6.10 Å². The fourth-order valence-electron chi connectivity index (χ4n) is 3.64. The fourth-order valence-corrected chi connectivity index (χ4v) is 3.64. The minimum absolute atomic E-state index is 0.0922. The molecule has 136 valence electrons. The number of rotatable bonds is 3. The number of amides is 2. The van der Waals surface area contributed by atoms with Crippen LogP contribution in [0.15, 0.2) is 12.1 Å². The molecule has 1 aromatic rings. The number of carbonyl (C=O) groups is 2. The SMILES string of the molecule is Cc1cc(C)c(CC(=O)N2CCN(C(=O)C3CCCO3)CC2)cc1C. The largest absolute Gasteiger partial charge is 0.368 e. The topological polar surface area (TPSA) is 49.9 Å². The third-order valence-electron chi connectivity index (χ3n) is 5.44. The van der Waals surface area contributed by atoms with Gasteiger partial charge in [-0.25, -0.2) is 0 Å². The summed E-state index contributed by atoms with van der Waals surface area (Å²) in [4.78, 5) is 28.8. The molecule has 2 aliphatic heterocycles. The van der Waals surface area contributed by atoms with E-state index in [9.17, 15) is 9.59 Å². The summed E-state index contributed by atoms with van der Waals surface area (Å²) in [5, 5.41) is 0. The van der Waals surface area contributed by atoms with Gasteiger partial charge in [-0.3, -0.25) is 9.59 Å². The number of nitrogens with zero attached hydrogens (tertiary/aromatic N) is 2. The van der Waals surface area contributed by atoms with E-state index in [4.69, 9.17) is 4.74 Å². The molecule has 0 saturated carbocycles. The molecule has 25 heavy (non-hydrogen) atoms. The van der Waals surface area contributed by atoms with E-state index in [1.165, 1.54) is 16.7 Å². The molecule has 0 aromatic heterocycles. The van der Waals surface area contributed by atoms with E-state index in [0.29, 0.717) is 39.2 Å². The molecule has 0 radical (unpaired) electrons. The molecule has 5 nitrogen and oxygen atoms in total. The first-order valence-electron chi connectivity index (χ1n) is 9.20. The molecule has 0 N–H and O–H groups in total. The molecule has 0 bridgehead atoms. The van der Waals surface area contributed by atoms with Crippen molar-refractivity contribution in [2.24, 2.45) is 0 Å². The van der Waals surface area contributed by atoms with Crippen molar-refractivity contribution in [3.05, 3.63) is 34.4 Å². The van der Waals surface area contributed by atoms with Crippen LogP contribution < -0.4 is 0 Å². The van der Waals surface area contributed by atoms with Gasteiger partial charge in [0, 0.05) is 32.8 Å². The van der Waals surface area contributed by atoms with Gasteiger partial charge in [-0.2, -0.15) is 0 Å². The molecule has 0 aliphatic carbocycles. The Labute approximate surface area is 149 Å². The van der Waals surface area contributed by atoms with Gasteiger partial charge in [0.2, 0.25) is 5.91 Å². The summed E-state index contributed by atoms with van der Waals surface area (Å²) >= 11 is 0. The summed E-state index contributed by atoms with van der Waals surface area (Å²) in [5.74, 6) is 0.241. The Balaban J connectivity index is 1.55. The van der Waals surface area contributed by atoms with Gasteiger partial charge in [-0.15, -0.1) is 0 Å². The van der Waals surface area contributed by atoms with Crippen LogP contribution in [0.4, 0.5) is 0 Å². The molecule has 2 amide bonds. The monoisotopic (exact) mass is 344 g/mol. The predicted octanol–water partition coefficient (Wildman–Crippen LogP) is 2.00. The lowest BCUT2D eigenvalue weighted by Gasteiger charge is -2.36. The van der Waals surface area contributed by atoms with Gasteiger partial charge in [0.15, 0.2) is 0 Å². The van der Waals surface area contributed by atoms with Crippen LogP contribution in [-0.4, -0.2) is 60.5 Å². The summed E-state index contributed by atoms with van der Waals surface area (Å²) in [7, 11) is 0. The van der Waals surface area contributed by atoms with E-state index in [1.54, 1.807) is 0 Å². The second-order valence-corrected chi connectivity index (χ2v) is 7.25. The maximum absolute atomic E-state index is 12.6. The van der Waals surface area contributed by atoms with Crippen LogP contribution >= 0.6 is 0 Å². The van der Waals surface area contributed by atoms with Crippen molar-refractivity contribution in [1.82, 2.24) is 9.80 Å². The summed E-state index contributed by atoms with van der Waals surface area (Å²) in [6.45, 7) is 9.36. The zero-order chi connectivity index (χ0) is 18.0. The first kappa shape index (κ1) is 17.9.